The number of rotatable bonds is 10. The number of nitrogens with zero attached hydrogens (tertiary/aromatic N) is 1. The molecule has 0 aromatic rings. The fraction of sp³-hybridized carbons (Fsp3) is 0.773. The molecule has 40 heavy (non-hydrogen) atoms. The van der Waals surface area contributed by atoms with Gasteiger partial charge in [-0.3, -0.25) is 28.7 Å². The summed E-state index contributed by atoms with van der Waals surface area (Å²) >= 11 is 0. The van der Waals surface area contributed by atoms with E-state index in [9.17, 15) is 63.5 Å². The van der Waals surface area contributed by atoms with E-state index in [1.165, 1.54) is 0 Å². The Balaban J connectivity index is 1.77. The van der Waals surface area contributed by atoms with Crippen LogP contribution in [-0.2, 0) is 28.7 Å². The largest absolute Gasteiger partial charge is 0.522 e. The first-order valence-electron chi connectivity index (χ1n) is 12.0. The lowest BCUT2D eigenvalue weighted by atomic mass is 9.95. The standard InChI is InChI=1S/C22H24F9N3O6/c23-20(24,25)15(21(26,27)28)6-13(35)18(39)34-9-19(2-3-19)7-12(34)17(38)33-11(5-10-1-4-32-16(10)37)14(36)8-40-22(29,30)31/h10-12,15H,1-9H2,(H,32,37)(H,33,38)/t10-,11-,12-/m0/s1. The fourth-order valence-electron chi connectivity index (χ4n) is 4.84. The van der Waals surface area contributed by atoms with Gasteiger partial charge in [-0.05, 0) is 37.5 Å². The van der Waals surface area contributed by atoms with Gasteiger partial charge in [-0.1, -0.05) is 0 Å². The van der Waals surface area contributed by atoms with E-state index in [1.807, 2.05) is 0 Å². The molecule has 18 heteroatoms. The van der Waals surface area contributed by atoms with Crippen LogP contribution >= 0.6 is 0 Å². The number of hydrogen-bond donors (Lipinski definition) is 2. The van der Waals surface area contributed by atoms with Crippen LogP contribution in [0.2, 0.25) is 0 Å². The summed E-state index contributed by atoms with van der Waals surface area (Å²) in [5.74, 6) is -11.8. The molecule has 0 bridgehead atoms. The van der Waals surface area contributed by atoms with Crippen molar-refractivity contribution >= 4 is 29.3 Å². The Labute approximate surface area is 220 Å². The molecule has 0 radical (unpaired) electrons. The Bertz CT molecular complexity index is 1020. The molecule has 3 atom stereocenters. The number of carbonyl (C=O) groups excluding carboxylic acids is 5. The average Bonchev–Trinajstić information content (AvgIpc) is 3.27. The van der Waals surface area contributed by atoms with Gasteiger partial charge < -0.3 is 15.5 Å². The lowest BCUT2D eigenvalue weighted by Crippen LogP contribution is -2.53. The molecule has 9 nitrogen and oxygen atoms in total. The minimum Gasteiger partial charge on any atom is -0.356 e. The third-order valence-electron chi connectivity index (χ3n) is 7.21. The highest BCUT2D eigenvalue weighted by Crippen LogP contribution is 2.55. The summed E-state index contributed by atoms with van der Waals surface area (Å²) in [6.45, 7) is -1.67. The number of ketones is 2. The molecule has 3 amide bonds. The highest BCUT2D eigenvalue weighted by Gasteiger charge is 2.59. The van der Waals surface area contributed by atoms with Crippen LogP contribution in [0.4, 0.5) is 39.5 Å². The number of hydrogen-bond acceptors (Lipinski definition) is 6. The van der Waals surface area contributed by atoms with Crippen LogP contribution in [0.25, 0.3) is 0 Å². The van der Waals surface area contributed by atoms with E-state index in [0.717, 1.165) is 0 Å². The predicted octanol–water partition coefficient (Wildman–Crippen LogP) is 2.18. The number of alkyl halides is 9. The molecule has 2 N–H and O–H groups in total. The SMILES string of the molecule is O=C(CC(C(F)(F)F)C(F)(F)F)C(=O)N1CC2(CC2)C[C@H]1C(=O)N[C@@H](C[C@@H]1CCNC1=O)C(=O)COC(F)(F)F. The lowest BCUT2D eigenvalue weighted by Gasteiger charge is -2.27. The average molecular weight is 597 g/mol. The van der Waals surface area contributed by atoms with Crippen LogP contribution in [0.5, 0.6) is 0 Å². The van der Waals surface area contributed by atoms with Gasteiger partial charge in [0.05, 0.1) is 6.04 Å². The molecule has 226 valence electrons. The molecular formula is C22H24F9N3O6. The summed E-state index contributed by atoms with van der Waals surface area (Å²) < 4.78 is 118. The molecule has 0 unspecified atom stereocenters. The van der Waals surface area contributed by atoms with Gasteiger partial charge in [-0.2, -0.15) is 26.3 Å². The van der Waals surface area contributed by atoms with E-state index >= 15 is 0 Å². The Hall–Kier alpha value is -2.92. The van der Waals surface area contributed by atoms with Crippen molar-refractivity contribution in [1.82, 2.24) is 15.5 Å². The van der Waals surface area contributed by atoms with Crippen molar-refractivity contribution in [2.24, 2.45) is 17.3 Å². The molecule has 2 saturated heterocycles. The zero-order valence-electron chi connectivity index (χ0n) is 20.5. The van der Waals surface area contributed by atoms with E-state index in [2.05, 4.69) is 15.4 Å². The van der Waals surface area contributed by atoms with E-state index in [-0.39, 0.29) is 25.9 Å². The van der Waals surface area contributed by atoms with Gasteiger partial charge in [0.1, 0.15) is 12.6 Å². The van der Waals surface area contributed by atoms with E-state index in [4.69, 9.17) is 0 Å². The molecule has 1 spiro atoms. The first-order chi connectivity index (χ1) is 18.2. The molecule has 3 aliphatic rings. The van der Waals surface area contributed by atoms with Gasteiger partial charge in [0, 0.05) is 25.4 Å². The van der Waals surface area contributed by atoms with Crippen LogP contribution in [0.3, 0.4) is 0 Å². The fourth-order valence-corrected chi connectivity index (χ4v) is 4.84. The molecule has 1 saturated carbocycles. The van der Waals surface area contributed by atoms with Gasteiger partial charge in [0.25, 0.3) is 5.91 Å². The van der Waals surface area contributed by atoms with Gasteiger partial charge in [0.2, 0.25) is 17.6 Å². The second-order valence-corrected chi connectivity index (χ2v) is 10.2. The van der Waals surface area contributed by atoms with Crippen molar-refractivity contribution in [1.29, 1.82) is 0 Å². The van der Waals surface area contributed by atoms with Crippen molar-refractivity contribution in [3.8, 4) is 0 Å². The zero-order chi connectivity index (χ0) is 30.3. The summed E-state index contributed by atoms with van der Waals surface area (Å²) in [5, 5.41) is 4.58. The second-order valence-electron chi connectivity index (χ2n) is 10.2. The van der Waals surface area contributed by atoms with Crippen molar-refractivity contribution in [3.05, 3.63) is 0 Å². The van der Waals surface area contributed by atoms with Gasteiger partial charge >= 0.3 is 18.7 Å². The number of carbonyl (C=O) groups is 5. The Kier molecular flexibility index (Phi) is 8.82. The predicted molar refractivity (Wildman–Crippen MR) is 112 cm³/mol. The highest BCUT2D eigenvalue weighted by atomic mass is 19.4. The molecule has 2 aliphatic heterocycles. The molecule has 0 aromatic heterocycles. The molecule has 2 heterocycles. The number of amides is 3. The Morgan fingerprint density at radius 3 is 2.10 bits per heavy atom. The minimum absolute atomic E-state index is 0.149. The second kappa shape index (κ2) is 11.2. The lowest BCUT2D eigenvalue weighted by molar-refractivity contribution is -0.321. The molecule has 1 aliphatic carbocycles. The van der Waals surface area contributed by atoms with Crippen molar-refractivity contribution < 1.29 is 68.2 Å². The number of ether oxygens (including phenoxy) is 1. The molecule has 3 fully saturated rings. The van der Waals surface area contributed by atoms with Crippen LogP contribution in [-0.4, -0.2) is 84.7 Å². The summed E-state index contributed by atoms with van der Waals surface area (Å²) in [7, 11) is 0. The number of Topliss-reactive ketones (excluding diaryl/α,β-unsaturated/α-hetero) is 2. The maximum atomic E-state index is 13.1. The first-order valence-corrected chi connectivity index (χ1v) is 12.0. The monoisotopic (exact) mass is 597 g/mol. The van der Waals surface area contributed by atoms with E-state index in [0.29, 0.717) is 17.7 Å². The Morgan fingerprint density at radius 2 is 1.62 bits per heavy atom. The van der Waals surface area contributed by atoms with Crippen molar-refractivity contribution in [2.45, 2.75) is 69.3 Å². The molecule has 0 aromatic carbocycles. The van der Waals surface area contributed by atoms with Crippen LogP contribution in [0, 0.1) is 17.3 Å². The van der Waals surface area contributed by atoms with Crippen LogP contribution < -0.4 is 10.6 Å². The smallest absolute Gasteiger partial charge is 0.356 e. The van der Waals surface area contributed by atoms with Gasteiger partial charge in [-0.15, -0.1) is 13.2 Å². The van der Waals surface area contributed by atoms with Crippen LogP contribution in [0.1, 0.15) is 38.5 Å². The van der Waals surface area contributed by atoms with Crippen LogP contribution in [0.15, 0.2) is 0 Å². The summed E-state index contributed by atoms with van der Waals surface area (Å²) in [4.78, 5) is 63.1. The van der Waals surface area contributed by atoms with E-state index in [1.54, 1.807) is 0 Å². The molecule has 3 rings (SSSR count). The zero-order valence-corrected chi connectivity index (χ0v) is 20.5. The Morgan fingerprint density at radius 1 is 1.02 bits per heavy atom. The van der Waals surface area contributed by atoms with Gasteiger partial charge in [0.15, 0.2) is 11.7 Å². The maximum absolute atomic E-state index is 13.1. The summed E-state index contributed by atoms with van der Waals surface area (Å²) in [5.41, 5.74) is -0.727. The third-order valence-corrected chi connectivity index (χ3v) is 7.21. The number of likely N-dealkylation sites (tertiary alicyclic amines) is 1. The van der Waals surface area contributed by atoms with Crippen molar-refractivity contribution in [3.63, 3.8) is 0 Å². The summed E-state index contributed by atoms with van der Waals surface area (Å²) in [6, 6.07) is -3.32. The van der Waals surface area contributed by atoms with E-state index < -0.39 is 96.8 Å². The number of nitrogens with one attached hydrogen (secondary N) is 2. The van der Waals surface area contributed by atoms with Crippen molar-refractivity contribution in [2.75, 3.05) is 19.7 Å². The van der Waals surface area contributed by atoms with Gasteiger partial charge in [-0.25, -0.2) is 0 Å². The normalized spacial score (nSPS) is 23.4. The highest BCUT2D eigenvalue weighted by molar-refractivity contribution is 6.36. The third kappa shape index (κ3) is 7.84. The maximum Gasteiger partial charge on any atom is 0.522 e. The molecular weight excluding hydrogens is 573 g/mol. The number of halogens is 9. The minimum atomic E-state index is -5.88. The first kappa shape index (κ1) is 31.6. The topological polar surface area (TPSA) is 122 Å². The summed E-state index contributed by atoms with van der Waals surface area (Å²) in [6.07, 6.45) is -18.8. The quantitative estimate of drug-likeness (QED) is 0.294.